The molecule has 0 N–H and O–H groups in total. The molecule has 1 aliphatic heterocycles. The van der Waals surface area contributed by atoms with Crippen molar-refractivity contribution in [3.63, 3.8) is 0 Å². The molecule has 0 unspecified atom stereocenters. The summed E-state index contributed by atoms with van der Waals surface area (Å²) in [5.41, 5.74) is 1.45. The molecule has 0 radical (unpaired) electrons. The first-order valence-corrected chi connectivity index (χ1v) is 6.11. The summed E-state index contributed by atoms with van der Waals surface area (Å²) in [6.45, 7) is 12.0. The third kappa shape index (κ3) is 4.19. The first-order chi connectivity index (χ1) is 7.84. The van der Waals surface area contributed by atoms with Gasteiger partial charge >= 0.3 is 0 Å². The number of nitrogens with zero attached hydrogens (tertiary/aromatic N) is 1. The third-order valence-corrected chi connectivity index (χ3v) is 3.13. The molecule has 0 saturated carbocycles. The zero-order chi connectivity index (χ0) is 11.8. The van der Waals surface area contributed by atoms with Gasteiger partial charge in [0.25, 0.3) is 0 Å². The second kappa shape index (κ2) is 7.24. The molecule has 1 aliphatic rings. The Morgan fingerprint density at radius 3 is 2.25 bits per heavy atom. The number of benzene rings is 1. The van der Waals surface area contributed by atoms with Gasteiger partial charge < -0.3 is 0 Å². The first-order valence-electron chi connectivity index (χ1n) is 6.11. The number of hydrogen-bond donors (Lipinski definition) is 0. The van der Waals surface area contributed by atoms with Gasteiger partial charge in [0.15, 0.2) is 0 Å². The van der Waals surface area contributed by atoms with Crippen LogP contribution >= 0.6 is 0 Å². The van der Waals surface area contributed by atoms with E-state index in [0.29, 0.717) is 0 Å². The van der Waals surface area contributed by atoms with Crippen molar-refractivity contribution >= 4 is 0 Å². The molecule has 0 atom stereocenters. The second-order valence-corrected chi connectivity index (χ2v) is 4.44. The molecule has 1 fully saturated rings. The van der Waals surface area contributed by atoms with Crippen LogP contribution in [-0.2, 0) is 6.54 Å². The summed E-state index contributed by atoms with van der Waals surface area (Å²) in [7, 11) is 0. The average Bonchev–Trinajstić information content (AvgIpc) is 2.36. The number of piperidine rings is 1. The van der Waals surface area contributed by atoms with E-state index < -0.39 is 0 Å². The zero-order valence-electron chi connectivity index (χ0n) is 10.4. The minimum Gasteiger partial charge on any atom is -0.299 e. The lowest BCUT2D eigenvalue weighted by atomic mass is 9.99. The van der Waals surface area contributed by atoms with Crippen molar-refractivity contribution in [3.05, 3.63) is 49.1 Å². The lowest BCUT2D eigenvalue weighted by molar-refractivity contribution is 0.185. The molecule has 1 heteroatoms. The number of rotatable bonds is 2. The van der Waals surface area contributed by atoms with E-state index >= 15 is 0 Å². The molecule has 1 heterocycles. The highest BCUT2D eigenvalue weighted by Crippen LogP contribution is 2.17. The largest absolute Gasteiger partial charge is 0.299 e. The molecule has 0 aromatic heterocycles. The Morgan fingerprint density at radius 2 is 1.69 bits per heavy atom. The zero-order valence-corrected chi connectivity index (χ0v) is 10.4. The Morgan fingerprint density at radius 1 is 1.12 bits per heavy atom. The summed E-state index contributed by atoms with van der Waals surface area (Å²) in [5, 5.41) is 0. The average molecular weight is 217 g/mol. The molecule has 0 aliphatic carbocycles. The van der Waals surface area contributed by atoms with Crippen molar-refractivity contribution in [1.29, 1.82) is 0 Å². The van der Waals surface area contributed by atoms with Crippen LogP contribution in [0.15, 0.2) is 43.5 Å². The summed E-state index contributed by atoms with van der Waals surface area (Å²) in [5.74, 6) is 0.932. The first kappa shape index (κ1) is 13.0. The molecule has 88 valence electrons. The fraction of sp³-hybridized carbons (Fsp3) is 0.467. The molecular formula is C15H23N. The minimum atomic E-state index is 0.932. The van der Waals surface area contributed by atoms with Crippen LogP contribution in [0.25, 0.3) is 0 Å². The Labute approximate surface area is 99.8 Å². The summed E-state index contributed by atoms with van der Waals surface area (Å²) >= 11 is 0. The lowest BCUT2D eigenvalue weighted by Gasteiger charge is -2.30. The van der Waals surface area contributed by atoms with Gasteiger partial charge in [-0.1, -0.05) is 37.3 Å². The monoisotopic (exact) mass is 217 g/mol. The van der Waals surface area contributed by atoms with Crippen LogP contribution < -0.4 is 0 Å². The van der Waals surface area contributed by atoms with E-state index in [1.54, 1.807) is 0 Å². The van der Waals surface area contributed by atoms with Crippen LogP contribution in [0.1, 0.15) is 25.3 Å². The maximum absolute atomic E-state index is 3.00. The van der Waals surface area contributed by atoms with E-state index in [0.717, 1.165) is 12.5 Å². The molecule has 1 saturated heterocycles. The number of likely N-dealkylation sites (tertiary alicyclic amines) is 1. The smallest absolute Gasteiger partial charge is 0.0233 e. The van der Waals surface area contributed by atoms with Crippen LogP contribution in [0.3, 0.4) is 0 Å². The molecule has 1 aromatic carbocycles. The van der Waals surface area contributed by atoms with Crippen molar-refractivity contribution in [2.75, 3.05) is 13.1 Å². The van der Waals surface area contributed by atoms with Gasteiger partial charge in [-0.2, -0.15) is 0 Å². The summed E-state index contributed by atoms with van der Waals surface area (Å²) < 4.78 is 0. The van der Waals surface area contributed by atoms with E-state index in [2.05, 4.69) is 55.3 Å². The highest BCUT2D eigenvalue weighted by atomic mass is 15.1. The van der Waals surface area contributed by atoms with E-state index in [4.69, 9.17) is 0 Å². The van der Waals surface area contributed by atoms with E-state index in [9.17, 15) is 0 Å². The topological polar surface area (TPSA) is 3.24 Å². The molecule has 0 amide bonds. The molecule has 1 aromatic rings. The Balaban J connectivity index is 0.000000606. The molecule has 1 nitrogen and oxygen atoms in total. The van der Waals surface area contributed by atoms with Gasteiger partial charge in [0.2, 0.25) is 0 Å². The maximum Gasteiger partial charge on any atom is 0.0233 e. The Kier molecular flexibility index (Phi) is 5.87. The molecule has 0 spiro atoms. The molecule has 2 rings (SSSR count). The van der Waals surface area contributed by atoms with Crippen LogP contribution in [0.4, 0.5) is 0 Å². The van der Waals surface area contributed by atoms with Gasteiger partial charge in [-0.25, -0.2) is 0 Å². The standard InChI is InChI=1S/C13H19N.C2H4/c1-12-7-9-14(10-8-12)11-13-5-3-2-4-6-13;1-2/h2-6,12H,7-11H2,1H3;1-2H2. The third-order valence-electron chi connectivity index (χ3n) is 3.13. The lowest BCUT2D eigenvalue weighted by Crippen LogP contribution is -2.32. The highest BCUT2D eigenvalue weighted by Gasteiger charge is 2.15. The summed E-state index contributed by atoms with van der Waals surface area (Å²) in [4.78, 5) is 2.56. The fourth-order valence-electron chi connectivity index (χ4n) is 2.06. The van der Waals surface area contributed by atoms with E-state index in [1.165, 1.54) is 31.5 Å². The molecular weight excluding hydrogens is 194 g/mol. The van der Waals surface area contributed by atoms with Crippen LogP contribution in [0.2, 0.25) is 0 Å². The van der Waals surface area contributed by atoms with Crippen LogP contribution in [0.5, 0.6) is 0 Å². The quantitative estimate of drug-likeness (QED) is 0.682. The van der Waals surface area contributed by atoms with Crippen LogP contribution in [0, 0.1) is 5.92 Å². The summed E-state index contributed by atoms with van der Waals surface area (Å²) in [6, 6.07) is 10.8. The minimum absolute atomic E-state index is 0.932. The predicted molar refractivity (Wildman–Crippen MR) is 71.4 cm³/mol. The van der Waals surface area contributed by atoms with Crippen LogP contribution in [-0.4, -0.2) is 18.0 Å². The van der Waals surface area contributed by atoms with Crippen molar-refractivity contribution in [1.82, 2.24) is 4.90 Å². The van der Waals surface area contributed by atoms with Gasteiger partial charge in [0, 0.05) is 6.54 Å². The highest BCUT2D eigenvalue weighted by molar-refractivity contribution is 5.14. The Hall–Kier alpha value is -1.08. The second-order valence-electron chi connectivity index (χ2n) is 4.44. The Bertz CT molecular complexity index is 273. The fourth-order valence-corrected chi connectivity index (χ4v) is 2.06. The maximum atomic E-state index is 3.00. The van der Waals surface area contributed by atoms with Gasteiger partial charge in [0.1, 0.15) is 0 Å². The van der Waals surface area contributed by atoms with Crippen molar-refractivity contribution in [2.45, 2.75) is 26.3 Å². The normalized spacial score (nSPS) is 17.6. The van der Waals surface area contributed by atoms with E-state index in [1.807, 2.05) is 0 Å². The molecule has 16 heavy (non-hydrogen) atoms. The SMILES string of the molecule is C=C.CC1CCN(Cc2ccccc2)CC1. The predicted octanol–water partition coefficient (Wildman–Crippen LogP) is 3.72. The van der Waals surface area contributed by atoms with Gasteiger partial charge in [-0.15, -0.1) is 13.2 Å². The van der Waals surface area contributed by atoms with Gasteiger partial charge in [0.05, 0.1) is 0 Å². The van der Waals surface area contributed by atoms with Crippen molar-refractivity contribution < 1.29 is 0 Å². The number of hydrogen-bond acceptors (Lipinski definition) is 1. The van der Waals surface area contributed by atoms with Gasteiger partial charge in [-0.05, 0) is 37.4 Å². The molecule has 0 bridgehead atoms. The van der Waals surface area contributed by atoms with E-state index in [-0.39, 0.29) is 0 Å². The van der Waals surface area contributed by atoms with Crippen molar-refractivity contribution in [2.24, 2.45) is 5.92 Å². The van der Waals surface area contributed by atoms with Crippen molar-refractivity contribution in [3.8, 4) is 0 Å². The summed E-state index contributed by atoms with van der Waals surface area (Å²) in [6.07, 6.45) is 2.74. The van der Waals surface area contributed by atoms with Gasteiger partial charge in [-0.3, -0.25) is 4.90 Å².